The van der Waals surface area contributed by atoms with Gasteiger partial charge in [0.05, 0.1) is 11.7 Å². The molecule has 0 aliphatic rings. The van der Waals surface area contributed by atoms with Crippen LogP contribution < -0.4 is 0 Å². The van der Waals surface area contributed by atoms with Crippen LogP contribution in [-0.4, -0.2) is 22.3 Å². The van der Waals surface area contributed by atoms with Gasteiger partial charge < -0.3 is 10.2 Å². The van der Waals surface area contributed by atoms with E-state index in [1.54, 1.807) is 20.8 Å². The van der Waals surface area contributed by atoms with Crippen molar-refractivity contribution < 1.29 is 15.0 Å². The lowest BCUT2D eigenvalue weighted by Crippen LogP contribution is -2.30. The minimum Gasteiger partial charge on any atom is -0.478 e. The molecule has 0 amide bonds. The lowest BCUT2D eigenvalue weighted by atomic mass is 9.85. The zero-order chi connectivity index (χ0) is 9.23. The molecule has 3 heteroatoms. The van der Waals surface area contributed by atoms with Gasteiger partial charge in [0.15, 0.2) is 0 Å². The maximum Gasteiger partial charge on any atom is 0.333 e. The summed E-state index contributed by atoms with van der Waals surface area (Å²) in [5.74, 6) is -1.15. The van der Waals surface area contributed by atoms with Gasteiger partial charge in [-0.15, -0.1) is 0 Å². The van der Waals surface area contributed by atoms with Crippen LogP contribution in [0.1, 0.15) is 20.8 Å². The first-order valence-electron chi connectivity index (χ1n) is 3.37. The number of aliphatic hydroxyl groups excluding tert-OH is 1. The highest BCUT2D eigenvalue weighted by Crippen LogP contribution is 2.23. The van der Waals surface area contributed by atoms with Crippen LogP contribution in [0.15, 0.2) is 12.2 Å². The van der Waals surface area contributed by atoms with E-state index in [1.807, 2.05) is 0 Å². The standard InChI is InChI=1S/C8H14O3/c1-5(7(10)11)6(9)8(2,3)4/h6,9H,1H2,2-4H3,(H,10,11). The number of carboxylic acid groups (broad SMARTS) is 1. The molecule has 0 fully saturated rings. The van der Waals surface area contributed by atoms with E-state index in [1.165, 1.54) is 0 Å². The monoisotopic (exact) mass is 158 g/mol. The van der Waals surface area contributed by atoms with Crippen LogP contribution in [0.25, 0.3) is 0 Å². The Morgan fingerprint density at radius 1 is 1.45 bits per heavy atom. The maximum absolute atomic E-state index is 10.3. The zero-order valence-electron chi connectivity index (χ0n) is 7.09. The molecule has 0 aliphatic carbocycles. The molecule has 0 rings (SSSR count). The van der Waals surface area contributed by atoms with Crippen LogP contribution in [0.5, 0.6) is 0 Å². The zero-order valence-corrected chi connectivity index (χ0v) is 7.09. The first-order chi connectivity index (χ1) is 4.76. The Morgan fingerprint density at radius 3 is 1.91 bits per heavy atom. The Balaban J connectivity index is 4.38. The molecule has 2 N–H and O–H groups in total. The molecule has 0 aliphatic heterocycles. The fourth-order valence-corrected chi connectivity index (χ4v) is 0.640. The molecule has 3 nitrogen and oxygen atoms in total. The number of rotatable bonds is 2. The van der Waals surface area contributed by atoms with Crippen molar-refractivity contribution in [2.75, 3.05) is 0 Å². The van der Waals surface area contributed by atoms with E-state index in [2.05, 4.69) is 6.58 Å². The van der Waals surface area contributed by atoms with Crippen molar-refractivity contribution in [3.05, 3.63) is 12.2 Å². The van der Waals surface area contributed by atoms with E-state index in [4.69, 9.17) is 5.11 Å². The Labute approximate surface area is 66.4 Å². The predicted octanol–water partition coefficient (Wildman–Crippen LogP) is 1.03. The highest BCUT2D eigenvalue weighted by Gasteiger charge is 2.27. The fraction of sp³-hybridized carbons (Fsp3) is 0.625. The van der Waals surface area contributed by atoms with E-state index in [0.29, 0.717) is 0 Å². The molecule has 0 aromatic rings. The summed E-state index contributed by atoms with van der Waals surface area (Å²) >= 11 is 0. The summed E-state index contributed by atoms with van der Waals surface area (Å²) in [6, 6.07) is 0. The third kappa shape index (κ3) is 2.72. The molecular weight excluding hydrogens is 144 g/mol. The van der Waals surface area contributed by atoms with Crippen molar-refractivity contribution in [3.63, 3.8) is 0 Å². The highest BCUT2D eigenvalue weighted by atomic mass is 16.4. The Kier molecular flexibility index (Phi) is 2.82. The van der Waals surface area contributed by atoms with E-state index in [0.717, 1.165) is 0 Å². The van der Waals surface area contributed by atoms with Gasteiger partial charge >= 0.3 is 5.97 Å². The summed E-state index contributed by atoms with van der Waals surface area (Å²) < 4.78 is 0. The molecule has 1 unspecified atom stereocenters. The quantitative estimate of drug-likeness (QED) is 0.590. The number of carbonyl (C=O) groups is 1. The smallest absolute Gasteiger partial charge is 0.333 e. The van der Waals surface area contributed by atoms with Gasteiger partial charge in [-0.3, -0.25) is 0 Å². The van der Waals surface area contributed by atoms with Crippen molar-refractivity contribution in [1.29, 1.82) is 0 Å². The van der Waals surface area contributed by atoms with Crippen molar-refractivity contribution in [1.82, 2.24) is 0 Å². The fourth-order valence-electron chi connectivity index (χ4n) is 0.640. The summed E-state index contributed by atoms with van der Waals surface area (Å²) in [7, 11) is 0. The molecular formula is C8H14O3. The highest BCUT2D eigenvalue weighted by molar-refractivity contribution is 5.87. The van der Waals surface area contributed by atoms with E-state index < -0.39 is 17.5 Å². The molecule has 1 atom stereocenters. The first-order valence-corrected chi connectivity index (χ1v) is 3.37. The number of aliphatic carboxylic acids is 1. The third-order valence-electron chi connectivity index (χ3n) is 1.43. The van der Waals surface area contributed by atoms with Crippen molar-refractivity contribution in [2.24, 2.45) is 5.41 Å². The lowest BCUT2D eigenvalue weighted by Gasteiger charge is -2.25. The second kappa shape index (κ2) is 3.05. The normalized spacial score (nSPS) is 14.2. The summed E-state index contributed by atoms with van der Waals surface area (Å²) in [5.41, 5.74) is -0.618. The number of hydrogen-bond acceptors (Lipinski definition) is 2. The first kappa shape index (κ1) is 10.2. The molecule has 0 aromatic heterocycles. The average molecular weight is 158 g/mol. The SMILES string of the molecule is C=C(C(=O)O)C(O)C(C)(C)C. The minimum atomic E-state index is -1.15. The van der Waals surface area contributed by atoms with Crippen LogP contribution >= 0.6 is 0 Å². The minimum absolute atomic E-state index is 0.155. The van der Waals surface area contributed by atoms with Crippen molar-refractivity contribution in [3.8, 4) is 0 Å². The summed E-state index contributed by atoms with van der Waals surface area (Å²) in [4.78, 5) is 10.3. The van der Waals surface area contributed by atoms with Gasteiger partial charge in [-0.05, 0) is 5.41 Å². The molecule has 0 saturated heterocycles. The average Bonchev–Trinajstić information content (AvgIpc) is 1.82. The Hall–Kier alpha value is -0.830. The van der Waals surface area contributed by atoms with Crippen LogP contribution in [0.2, 0.25) is 0 Å². The second-order valence-corrected chi connectivity index (χ2v) is 3.60. The molecule has 11 heavy (non-hydrogen) atoms. The second-order valence-electron chi connectivity index (χ2n) is 3.60. The van der Waals surface area contributed by atoms with Gasteiger partial charge in [0, 0.05) is 0 Å². The van der Waals surface area contributed by atoms with Crippen molar-refractivity contribution in [2.45, 2.75) is 26.9 Å². The van der Waals surface area contributed by atoms with E-state index >= 15 is 0 Å². The summed E-state index contributed by atoms with van der Waals surface area (Å²) in [5, 5.41) is 17.8. The van der Waals surface area contributed by atoms with E-state index in [9.17, 15) is 9.90 Å². The van der Waals surface area contributed by atoms with Gasteiger partial charge in [0.25, 0.3) is 0 Å². The van der Waals surface area contributed by atoms with Crippen LogP contribution in [0.4, 0.5) is 0 Å². The number of aliphatic hydroxyl groups is 1. The van der Waals surface area contributed by atoms with Gasteiger partial charge in [0.2, 0.25) is 0 Å². The molecule has 0 heterocycles. The molecule has 0 aromatic carbocycles. The Morgan fingerprint density at radius 2 is 1.82 bits per heavy atom. The van der Waals surface area contributed by atoms with Gasteiger partial charge in [-0.25, -0.2) is 4.79 Å². The van der Waals surface area contributed by atoms with Crippen LogP contribution in [0.3, 0.4) is 0 Å². The van der Waals surface area contributed by atoms with Gasteiger partial charge in [0.1, 0.15) is 0 Å². The maximum atomic E-state index is 10.3. The van der Waals surface area contributed by atoms with Crippen LogP contribution in [0, 0.1) is 5.41 Å². The van der Waals surface area contributed by atoms with Crippen molar-refractivity contribution >= 4 is 5.97 Å². The predicted molar refractivity (Wildman–Crippen MR) is 42.2 cm³/mol. The topological polar surface area (TPSA) is 57.5 Å². The number of hydrogen-bond donors (Lipinski definition) is 2. The Bertz CT molecular complexity index is 176. The van der Waals surface area contributed by atoms with E-state index in [-0.39, 0.29) is 5.57 Å². The van der Waals surface area contributed by atoms with Crippen LogP contribution in [-0.2, 0) is 4.79 Å². The number of carboxylic acids is 1. The third-order valence-corrected chi connectivity index (χ3v) is 1.43. The van der Waals surface area contributed by atoms with Gasteiger partial charge in [-0.2, -0.15) is 0 Å². The summed E-state index contributed by atoms with van der Waals surface area (Å²) in [6.45, 7) is 8.54. The molecule has 0 saturated carbocycles. The van der Waals surface area contributed by atoms with Gasteiger partial charge in [-0.1, -0.05) is 27.4 Å². The summed E-state index contributed by atoms with van der Waals surface area (Å²) in [6.07, 6.45) is -0.986. The molecule has 0 bridgehead atoms. The largest absolute Gasteiger partial charge is 0.478 e. The molecule has 0 spiro atoms. The molecule has 0 radical (unpaired) electrons. The lowest BCUT2D eigenvalue weighted by molar-refractivity contribution is -0.134. The molecule has 64 valence electrons.